The van der Waals surface area contributed by atoms with Gasteiger partial charge in [-0.1, -0.05) is 24.3 Å². The number of amides is 1. The van der Waals surface area contributed by atoms with Crippen LogP contribution in [0.2, 0.25) is 0 Å². The Labute approximate surface area is 159 Å². The maximum atomic E-state index is 12.8. The first-order valence-corrected chi connectivity index (χ1v) is 8.78. The molecule has 0 aliphatic carbocycles. The molecule has 28 heavy (non-hydrogen) atoms. The van der Waals surface area contributed by atoms with Crippen LogP contribution in [0.25, 0.3) is 5.78 Å². The summed E-state index contributed by atoms with van der Waals surface area (Å²) in [5.41, 5.74) is 3.73. The highest BCUT2D eigenvalue weighted by molar-refractivity contribution is 5.79. The Hall–Kier alpha value is -2.97. The Morgan fingerprint density at radius 1 is 1.14 bits per heavy atom. The van der Waals surface area contributed by atoms with E-state index in [9.17, 15) is 18.0 Å². The van der Waals surface area contributed by atoms with Crippen molar-refractivity contribution in [2.24, 2.45) is 0 Å². The molecule has 148 valence electrons. The number of benzene rings is 1. The fourth-order valence-corrected chi connectivity index (χ4v) is 3.03. The molecule has 1 amide bonds. The smallest absolute Gasteiger partial charge is 0.355 e. The third-order valence-electron chi connectivity index (χ3n) is 4.62. The zero-order valence-corrected chi connectivity index (χ0v) is 15.8. The summed E-state index contributed by atoms with van der Waals surface area (Å²) in [6.07, 6.45) is -3.94. The van der Waals surface area contributed by atoms with Gasteiger partial charge in [0, 0.05) is 23.5 Å². The van der Waals surface area contributed by atoms with Crippen molar-refractivity contribution in [3.05, 3.63) is 58.2 Å². The maximum absolute atomic E-state index is 12.8. The van der Waals surface area contributed by atoms with Crippen LogP contribution in [0.1, 0.15) is 33.9 Å². The third kappa shape index (κ3) is 4.13. The molecule has 2 heterocycles. The number of carbonyl (C=O) groups excluding carboxylic acids is 1. The number of halogens is 3. The van der Waals surface area contributed by atoms with Crippen LogP contribution in [0.4, 0.5) is 13.2 Å². The van der Waals surface area contributed by atoms with Crippen molar-refractivity contribution in [3.8, 4) is 0 Å². The molecule has 0 fully saturated rings. The molecule has 0 radical (unpaired) electrons. The molecule has 0 aliphatic rings. The summed E-state index contributed by atoms with van der Waals surface area (Å²) in [6, 6.07) is 7.93. The average Bonchev–Trinajstić information content (AvgIpc) is 3.05. The minimum absolute atomic E-state index is 0.00951. The molecule has 0 bridgehead atoms. The number of nitrogens with zero attached hydrogens (tertiary/aromatic N) is 4. The SMILES string of the molecule is Cc1ccccc1CCNC(=O)Cc1c(C)nc2nc(C(F)(F)F)nn2c1C. The summed E-state index contributed by atoms with van der Waals surface area (Å²) < 4.78 is 39.6. The lowest BCUT2D eigenvalue weighted by Crippen LogP contribution is -2.28. The van der Waals surface area contributed by atoms with Gasteiger partial charge in [0.1, 0.15) is 0 Å². The number of alkyl halides is 3. The van der Waals surface area contributed by atoms with E-state index in [1.165, 1.54) is 0 Å². The highest BCUT2D eigenvalue weighted by Crippen LogP contribution is 2.27. The largest absolute Gasteiger partial charge is 0.453 e. The highest BCUT2D eigenvalue weighted by Gasteiger charge is 2.37. The highest BCUT2D eigenvalue weighted by atomic mass is 19.4. The van der Waals surface area contributed by atoms with E-state index in [0.717, 1.165) is 15.6 Å². The van der Waals surface area contributed by atoms with Crippen LogP contribution in [0, 0.1) is 20.8 Å². The normalized spacial score (nSPS) is 11.8. The topological polar surface area (TPSA) is 72.2 Å². The molecule has 9 heteroatoms. The molecule has 3 aromatic rings. The van der Waals surface area contributed by atoms with Gasteiger partial charge in [0.05, 0.1) is 6.42 Å². The van der Waals surface area contributed by atoms with Crippen LogP contribution in [0.3, 0.4) is 0 Å². The Balaban J connectivity index is 1.72. The molecular weight excluding hydrogens is 371 g/mol. The standard InChI is InChI=1S/C19H20F3N5O/c1-11-6-4-5-7-14(11)8-9-23-16(28)10-15-12(2)24-18-25-17(19(20,21)22)26-27(18)13(15)3/h4-7H,8-10H2,1-3H3,(H,23,28). The molecule has 0 saturated carbocycles. The van der Waals surface area contributed by atoms with Gasteiger partial charge in [-0.15, -0.1) is 5.10 Å². The lowest BCUT2D eigenvalue weighted by molar-refractivity contribution is -0.144. The first kappa shape index (κ1) is 19.8. The summed E-state index contributed by atoms with van der Waals surface area (Å²) in [7, 11) is 0. The van der Waals surface area contributed by atoms with E-state index < -0.39 is 12.0 Å². The second-order valence-corrected chi connectivity index (χ2v) is 6.61. The molecule has 3 rings (SSSR count). The van der Waals surface area contributed by atoms with E-state index in [1.54, 1.807) is 13.8 Å². The summed E-state index contributed by atoms with van der Waals surface area (Å²) in [5.74, 6) is -1.61. The number of carbonyl (C=O) groups is 1. The first-order chi connectivity index (χ1) is 13.2. The molecule has 2 aromatic heterocycles. The number of hydrogen-bond acceptors (Lipinski definition) is 4. The number of nitrogens with one attached hydrogen (secondary N) is 1. The van der Waals surface area contributed by atoms with Crippen LogP contribution in [-0.2, 0) is 23.8 Å². The quantitative estimate of drug-likeness (QED) is 0.726. The Morgan fingerprint density at radius 3 is 2.54 bits per heavy atom. The van der Waals surface area contributed by atoms with Crippen LogP contribution in [-0.4, -0.2) is 32.0 Å². The number of fused-ring (bicyclic) bond motifs is 1. The number of rotatable bonds is 5. The van der Waals surface area contributed by atoms with Gasteiger partial charge in [0.2, 0.25) is 5.91 Å². The second kappa shape index (κ2) is 7.57. The van der Waals surface area contributed by atoms with E-state index in [-0.39, 0.29) is 18.1 Å². The molecule has 0 spiro atoms. The van der Waals surface area contributed by atoms with Gasteiger partial charge in [0.25, 0.3) is 11.6 Å². The number of hydrogen-bond donors (Lipinski definition) is 1. The zero-order valence-electron chi connectivity index (χ0n) is 15.8. The van der Waals surface area contributed by atoms with E-state index >= 15 is 0 Å². The van der Waals surface area contributed by atoms with Crippen molar-refractivity contribution in [1.82, 2.24) is 24.9 Å². The molecule has 1 aromatic carbocycles. The Bertz CT molecular complexity index is 1030. The van der Waals surface area contributed by atoms with E-state index in [4.69, 9.17) is 0 Å². The molecule has 0 unspecified atom stereocenters. The Kier molecular flexibility index (Phi) is 5.35. The fourth-order valence-electron chi connectivity index (χ4n) is 3.03. The van der Waals surface area contributed by atoms with Crippen molar-refractivity contribution in [2.75, 3.05) is 6.54 Å². The predicted octanol–water partition coefficient (Wildman–Crippen LogP) is 2.97. The summed E-state index contributed by atoms with van der Waals surface area (Å²) >= 11 is 0. The van der Waals surface area contributed by atoms with Crippen LogP contribution in [0.15, 0.2) is 24.3 Å². The number of aromatic nitrogens is 4. The molecule has 0 saturated heterocycles. The van der Waals surface area contributed by atoms with Gasteiger partial charge in [-0.05, 0) is 38.3 Å². The Morgan fingerprint density at radius 2 is 1.86 bits per heavy atom. The average molecular weight is 391 g/mol. The monoisotopic (exact) mass is 391 g/mol. The van der Waals surface area contributed by atoms with E-state index in [0.29, 0.717) is 29.9 Å². The lowest BCUT2D eigenvalue weighted by Gasteiger charge is -2.11. The number of aryl methyl sites for hydroxylation is 3. The zero-order chi connectivity index (χ0) is 20.5. The molecule has 0 aliphatic heterocycles. The van der Waals surface area contributed by atoms with Gasteiger partial charge in [0.15, 0.2) is 0 Å². The summed E-state index contributed by atoms with van der Waals surface area (Å²) in [5, 5.41) is 6.34. The van der Waals surface area contributed by atoms with Gasteiger partial charge in [-0.25, -0.2) is 9.50 Å². The van der Waals surface area contributed by atoms with Gasteiger partial charge in [-0.2, -0.15) is 18.2 Å². The molecule has 0 atom stereocenters. The third-order valence-corrected chi connectivity index (χ3v) is 4.62. The maximum Gasteiger partial charge on any atom is 0.453 e. The van der Waals surface area contributed by atoms with Crippen molar-refractivity contribution in [3.63, 3.8) is 0 Å². The summed E-state index contributed by atoms with van der Waals surface area (Å²) in [6.45, 7) is 5.73. The van der Waals surface area contributed by atoms with Crippen molar-refractivity contribution in [2.45, 2.75) is 39.8 Å². The van der Waals surface area contributed by atoms with Gasteiger partial charge >= 0.3 is 6.18 Å². The molecule has 1 N–H and O–H groups in total. The first-order valence-electron chi connectivity index (χ1n) is 8.78. The van der Waals surface area contributed by atoms with Crippen LogP contribution in [0.5, 0.6) is 0 Å². The minimum atomic E-state index is -4.65. The van der Waals surface area contributed by atoms with Crippen molar-refractivity contribution < 1.29 is 18.0 Å². The second-order valence-electron chi connectivity index (χ2n) is 6.61. The minimum Gasteiger partial charge on any atom is -0.355 e. The van der Waals surface area contributed by atoms with Gasteiger partial charge in [-0.3, -0.25) is 4.79 Å². The fraction of sp³-hybridized carbons (Fsp3) is 0.368. The molecule has 6 nitrogen and oxygen atoms in total. The van der Waals surface area contributed by atoms with Crippen molar-refractivity contribution >= 4 is 11.7 Å². The van der Waals surface area contributed by atoms with E-state index in [2.05, 4.69) is 20.4 Å². The van der Waals surface area contributed by atoms with Crippen LogP contribution < -0.4 is 5.32 Å². The lowest BCUT2D eigenvalue weighted by atomic mass is 10.1. The van der Waals surface area contributed by atoms with Crippen molar-refractivity contribution in [1.29, 1.82) is 0 Å². The van der Waals surface area contributed by atoms with E-state index in [1.807, 2.05) is 31.2 Å². The van der Waals surface area contributed by atoms with Gasteiger partial charge < -0.3 is 5.32 Å². The summed E-state index contributed by atoms with van der Waals surface area (Å²) in [4.78, 5) is 19.8. The predicted molar refractivity (Wildman–Crippen MR) is 96.9 cm³/mol. The molecular formula is C19H20F3N5O. The van der Waals surface area contributed by atoms with Crippen LogP contribution >= 0.6 is 0 Å².